The van der Waals surface area contributed by atoms with Gasteiger partial charge in [-0.05, 0) is 29.8 Å². The highest BCUT2D eigenvalue weighted by atomic mass is 16.5. The fourth-order valence-electron chi connectivity index (χ4n) is 3.42. The first-order chi connectivity index (χ1) is 14.1. The third-order valence-electron chi connectivity index (χ3n) is 4.82. The monoisotopic (exact) mass is 386 g/mol. The molecule has 2 heterocycles. The summed E-state index contributed by atoms with van der Waals surface area (Å²) in [5.74, 6) is -0.725. The first-order valence-corrected chi connectivity index (χ1v) is 9.03. The Labute approximate surface area is 167 Å². The lowest BCUT2D eigenvalue weighted by atomic mass is 9.95. The van der Waals surface area contributed by atoms with E-state index >= 15 is 0 Å². The summed E-state index contributed by atoms with van der Waals surface area (Å²) < 4.78 is 5.21. The van der Waals surface area contributed by atoms with Crippen LogP contribution >= 0.6 is 0 Å². The summed E-state index contributed by atoms with van der Waals surface area (Å²) in [5.41, 5.74) is 1.15. The van der Waals surface area contributed by atoms with E-state index in [1.807, 2.05) is 6.07 Å². The molecule has 0 bridgehead atoms. The summed E-state index contributed by atoms with van der Waals surface area (Å²) in [7, 11) is 1.56. The number of pyridine rings is 1. The van der Waals surface area contributed by atoms with Crippen molar-refractivity contribution in [2.24, 2.45) is 0 Å². The lowest BCUT2D eigenvalue weighted by molar-refractivity contribution is -0.132. The first-order valence-electron chi connectivity index (χ1n) is 9.03. The number of ether oxygens (including phenoxy) is 1. The van der Waals surface area contributed by atoms with Crippen molar-refractivity contribution in [3.63, 3.8) is 0 Å². The molecule has 2 aromatic carbocycles. The Morgan fingerprint density at radius 2 is 1.66 bits per heavy atom. The number of hydrogen-bond donors (Lipinski definition) is 1. The molecular formula is C23H18N2O4. The lowest BCUT2D eigenvalue weighted by Crippen LogP contribution is -2.30. The number of anilines is 1. The molecule has 1 atom stereocenters. The highest BCUT2D eigenvalue weighted by molar-refractivity contribution is 6.51. The maximum atomic E-state index is 12.9. The lowest BCUT2D eigenvalue weighted by Gasteiger charge is -2.24. The molecule has 144 valence electrons. The Bertz CT molecular complexity index is 1080. The van der Waals surface area contributed by atoms with Crippen LogP contribution in [0.1, 0.15) is 17.2 Å². The molecule has 1 amide bonds. The van der Waals surface area contributed by atoms with Crippen molar-refractivity contribution in [1.29, 1.82) is 0 Å². The average molecular weight is 386 g/mol. The van der Waals surface area contributed by atoms with Crippen LogP contribution in [0.3, 0.4) is 0 Å². The molecule has 1 saturated heterocycles. The number of aromatic nitrogens is 1. The quantitative estimate of drug-likeness (QED) is 0.420. The van der Waals surface area contributed by atoms with E-state index < -0.39 is 17.7 Å². The van der Waals surface area contributed by atoms with Crippen molar-refractivity contribution >= 4 is 23.3 Å². The van der Waals surface area contributed by atoms with Crippen molar-refractivity contribution in [1.82, 2.24) is 4.98 Å². The molecule has 29 heavy (non-hydrogen) atoms. The number of benzene rings is 2. The van der Waals surface area contributed by atoms with E-state index in [1.54, 1.807) is 80.0 Å². The van der Waals surface area contributed by atoms with E-state index in [4.69, 9.17) is 4.74 Å². The van der Waals surface area contributed by atoms with E-state index in [2.05, 4.69) is 4.98 Å². The van der Waals surface area contributed by atoms with Crippen LogP contribution in [0, 0.1) is 0 Å². The standard InChI is InChI=1S/C23H18N2O4/c1-29-17-12-10-15(11-13-17)20-19(21(26)16-7-3-2-4-8-16)22(27)23(28)25(20)18-9-5-6-14-24-18/h2-14,20,26H,1H3. The van der Waals surface area contributed by atoms with Gasteiger partial charge in [0.05, 0.1) is 18.7 Å². The van der Waals surface area contributed by atoms with Gasteiger partial charge in [-0.25, -0.2) is 4.98 Å². The second-order valence-corrected chi connectivity index (χ2v) is 6.50. The minimum atomic E-state index is -0.809. The molecule has 6 nitrogen and oxygen atoms in total. The van der Waals surface area contributed by atoms with Crippen LogP contribution in [0.25, 0.3) is 5.76 Å². The van der Waals surface area contributed by atoms with Gasteiger partial charge in [0.15, 0.2) is 0 Å². The first kappa shape index (κ1) is 18.4. The Hall–Kier alpha value is -3.93. The van der Waals surface area contributed by atoms with Gasteiger partial charge in [0.25, 0.3) is 5.78 Å². The molecule has 0 radical (unpaired) electrons. The van der Waals surface area contributed by atoms with E-state index in [9.17, 15) is 14.7 Å². The van der Waals surface area contributed by atoms with E-state index in [-0.39, 0.29) is 11.3 Å². The summed E-state index contributed by atoms with van der Waals surface area (Å²) >= 11 is 0. The van der Waals surface area contributed by atoms with Crippen molar-refractivity contribution < 1.29 is 19.4 Å². The number of nitrogens with zero attached hydrogens (tertiary/aromatic N) is 2. The summed E-state index contributed by atoms with van der Waals surface area (Å²) in [6.07, 6.45) is 1.55. The summed E-state index contributed by atoms with van der Waals surface area (Å²) in [5, 5.41) is 10.9. The Kier molecular flexibility index (Phi) is 4.83. The van der Waals surface area contributed by atoms with Crippen LogP contribution in [0.15, 0.2) is 84.6 Å². The number of aliphatic hydroxyl groups is 1. The van der Waals surface area contributed by atoms with Crippen LogP contribution in [-0.2, 0) is 9.59 Å². The minimum Gasteiger partial charge on any atom is -0.507 e. The van der Waals surface area contributed by atoms with Crippen molar-refractivity contribution in [3.05, 3.63) is 95.7 Å². The molecule has 1 aromatic heterocycles. The zero-order chi connectivity index (χ0) is 20.4. The molecule has 6 heteroatoms. The number of aliphatic hydroxyl groups excluding tert-OH is 1. The second-order valence-electron chi connectivity index (χ2n) is 6.50. The molecule has 1 unspecified atom stereocenters. The van der Waals surface area contributed by atoms with Gasteiger partial charge in [0, 0.05) is 11.8 Å². The molecule has 0 saturated carbocycles. The Balaban J connectivity index is 1.93. The SMILES string of the molecule is COc1ccc(C2C(=C(O)c3ccccc3)C(=O)C(=O)N2c2ccccn2)cc1. The van der Waals surface area contributed by atoms with E-state index in [1.165, 1.54) is 4.90 Å². The smallest absolute Gasteiger partial charge is 0.301 e. The van der Waals surface area contributed by atoms with E-state index in [0.717, 1.165) is 0 Å². The Morgan fingerprint density at radius 3 is 2.28 bits per heavy atom. The molecule has 1 aliphatic rings. The minimum absolute atomic E-state index is 0.0250. The molecule has 1 aliphatic heterocycles. The number of amides is 1. The van der Waals surface area contributed by atoms with Gasteiger partial charge in [-0.15, -0.1) is 0 Å². The molecule has 0 aliphatic carbocycles. The predicted octanol–water partition coefficient (Wildman–Crippen LogP) is 3.72. The van der Waals surface area contributed by atoms with Crippen molar-refractivity contribution in [2.75, 3.05) is 12.0 Å². The molecule has 1 fully saturated rings. The normalized spacial score (nSPS) is 18.1. The molecule has 1 N–H and O–H groups in total. The molecule has 0 spiro atoms. The van der Waals surface area contributed by atoms with Crippen LogP contribution in [-0.4, -0.2) is 28.9 Å². The third kappa shape index (κ3) is 3.25. The number of carbonyl (C=O) groups excluding carboxylic acids is 2. The van der Waals surface area contributed by atoms with Gasteiger partial charge in [-0.3, -0.25) is 14.5 Å². The maximum absolute atomic E-state index is 12.9. The number of rotatable bonds is 4. The number of ketones is 1. The second kappa shape index (κ2) is 7.59. The highest BCUT2D eigenvalue weighted by Crippen LogP contribution is 2.41. The highest BCUT2D eigenvalue weighted by Gasteiger charge is 2.47. The molecule has 4 rings (SSSR count). The van der Waals surface area contributed by atoms with Gasteiger partial charge in [-0.1, -0.05) is 48.5 Å². The van der Waals surface area contributed by atoms with Gasteiger partial charge >= 0.3 is 5.91 Å². The van der Waals surface area contributed by atoms with Gasteiger partial charge in [0.1, 0.15) is 17.3 Å². The Morgan fingerprint density at radius 1 is 0.966 bits per heavy atom. The fraction of sp³-hybridized carbons (Fsp3) is 0.0870. The van der Waals surface area contributed by atoms with Crippen LogP contribution in [0.5, 0.6) is 5.75 Å². The number of carbonyl (C=O) groups is 2. The van der Waals surface area contributed by atoms with Crippen LogP contribution < -0.4 is 9.64 Å². The largest absolute Gasteiger partial charge is 0.507 e. The number of Topliss-reactive ketones (excluding diaryl/α,β-unsaturated/α-hetero) is 1. The van der Waals surface area contributed by atoms with Crippen LogP contribution in [0.2, 0.25) is 0 Å². The zero-order valence-electron chi connectivity index (χ0n) is 15.6. The molecular weight excluding hydrogens is 368 g/mol. The van der Waals surface area contributed by atoms with Crippen LogP contribution in [0.4, 0.5) is 5.82 Å². The van der Waals surface area contributed by atoms with Gasteiger partial charge < -0.3 is 9.84 Å². The zero-order valence-corrected chi connectivity index (χ0v) is 15.6. The average Bonchev–Trinajstić information content (AvgIpc) is 3.05. The summed E-state index contributed by atoms with van der Waals surface area (Å²) in [6, 6.07) is 20.0. The van der Waals surface area contributed by atoms with Gasteiger partial charge in [-0.2, -0.15) is 0 Å². The number of hydrogen-bond acceptors (Lipinski definition) is 5. The predicted molar refractivity (Wildman–Crippen MR) is 108 cm³/mol. The summed E-state index contributed by atoms with van der Waals surface area (Å²) in [6.45, 7) is 0. The van der Waals surface area contributed by atoms with Crippen molar-refractivity contribution in [2.45, 2.75) is 6.04 Å². The third-order valence-corrected chi connectivity index (χ3v) is 4.82. The maximum Gasteiger partial charge on any atom is 0.301 e. The molecule has 3 aromatic rings. The topological polar surface area (TPSA) is 79.7 Å². The van der Waals surface area contributed by atoms with E-state index in [0.29, 0.717) is 22.7 Å². The summed E-state index contributed by atoms with van der Waals surface area (Å²) in [4.78, 5) is 31.4. The van der Waals surface area contributed by atoms with Gasteiger partial charge in [0.2, 0.25) is 0 Å². The number of methoxy groups -OCH3 is 1. The fourth-order valence-corrected chi connectivity index (χ4v) is 3.42. The van der Waals surface area contributed by atoms with Crippen molar-refractivity contribution in [3.8, 4) is 5.75 Å².